The predicted octanol–water partition coefficient (Wildman–Crippen LogP) is 4.70. The van der Waals surface area contributed by atoms with Crippen molar-refractivity contribution in [3.63, 3.8) is 0 Å². The lowest BCUT2D eigenvalue weighted by Crippen LogP contribution is -2.13. The summed E-state index contributed by atoms with van der Waals surface area (Å²) in [4.78, 5) is 12.4. The maximum absolute atomic E-state index is 12.3. The minimum Gasteiger partial charge on any atom is -0.493 e. The first-order chi connectivity index (χ1) is 13.2. The van der Waals surface area contributed by atoms with Crippen LogP contribution in [-0.4, -0.2) is 11.7 Å². The molecule has 0 radical (unpaired) electrons. The zero-order chi connectivity index (χ0) is 18.6. The number of fused-ring (bicyclic) bond motifs is 1. The highest BCUT2D eigenvalue weighted by molar-refractivity contribution is 7.16. The van der Waals surface area contributed by atoms with E-state index in [-0.39, 0.29) is 4.87 Å². The molecule has 0 bridgehead atoms. The molecule has 27 heavy (non-hydrogen) atoms. The molecule has 0 aliphatic rings. The van der Waals surface area contributed by atoms with E-state index in [0.717, 1.165) is 21.3 Å². The van der Waals surface area contributed by atoms with Crippen LogP contribution >= 0.6 is 11.3 Å². The zero-order valence-corrected chi connectivity index (χ0v) is 15.7. The van der Waals surface area contributed by atoms with E-state index >= 15 is 0 Å². The van der Waals surface area contributed by atoms with Gasteiger partial charge in [0.15, 0.2) is 11.5 Å². The Hall–Kier alpha value is -3.05. The van der Waals surface area contributed by atoms with Crippen molar-refractivity contribution in [2.45, 2.75) is 13.2 Å². The third-order valence-electron chi connectivity index (χ3n) is 4.38. The molecule has 1 heterocycles. The zero-order valence-electron chi connectivity index (χ0n) is 14.9. The number of thiazole rings is 1. The number of aromatic nitrogens is 1. The van der Waals surface area contributed by atoms with Crippen LogP contribution in [0.2, 0.25) is 0 Å². The summed E-state index contributed by atoms with van der Waals surface area (Å²) in [5.41, 5.74) is 3.04. The first kappa shape index (κ1) is 17.4. The third-order valence-corrected chi connectivity index (χ3v) is 5.34. The molecule has 5 heteroatoms. The van der Waals surface area contributed by atoms with E-state index in [2.05, 4.69) is 0 Å². The van der Waals surface area contributed by atoms with Gasteiger partial charge >= 0.3 is 4.87 Å². The summed E-state index contributed by atoms with van der Waals surface area (Å²) >= 11 is 1.27. The third kappa shape index (κ3) is 3.73. The van der Waals surface area contributed by atoms with Crippen LogP contribution in [0.3, 0.4) is 0 Å². The number of benzene rings is 3. The van der Waals surface area contributed by atoms with Crippen molar-refractivity contribution in [2.24, 2.45) is 0 Å². The number of hydrogen-bond acceptors (Lipinski definition) is 4. The maximum Gasteiger partial charge on any atom is 0.308 e. The van der Waals surface area contributed by atoms with Gasteiger partial charge in [0.1, 0.15) is 6.61 Å². The molecule has 0 saturated heterocycles. The lowest BCUT2D eigenvalue weighted by Gasteiger charge is -2.13. The summed E-state index contributed by atoms with van der Waals surface area (Å²) in [6.07, 6.45) is 0. The Morgan fingerprint density at radius 3 is 2.48 bits per heavy atom. The second-order valence-electron chi connectivity index (χ2n) is 6.18. The van der Waals surface area contributed by atoms with Crippen molar-refractivity contribution in [1.29, 1.82) is 0 Å². The van der Waals surface area contributed by atoms with Crippen LogP contribution in [0.4, 0.5) is 0 Å². The Morgan fingerprint density at radius 2 is 1.67 bits per heavy atom. The fourth-order valence-electron chi connectivity index (χ4n) is 3.01. The molecule has 0 aliphatic carbocycles. The number of rotatable bonds is 6. The first-order valence-electron chi connectivity index (χ1n) is 8.66. The SMILES string of the molecule is COc1cc(Cn2c(=O)sc3ccccc32)ccc1OCc1ccccc1. The molecular formula is C22H19NO3S. The first-order valence-corrected chi connectivity index (χ1v) is 9.48. The minimum absolute atomic E-state index is 0.0413. The van der Waals surface area contributed by atoms with Gasteiger partial charge in [0, 0.05) is 0 Å². The van der Waals surface area contributed by atoms with Crippen molar-refractivity contribution in [2.75, 3.05) is 7.11 Å². The second kappa shape index (κ2) is 7.68. The van der Waals surface area contributed by atoms with Gasteiger partial charge in [-0.2, -0.15) is 0 Å². The van der Waals surface area contributed by atoms with Crippen LogP contribution in [0.5, 0.6) is 11.5 Å². The summed E-state index contributed by atoms with van der Waals surface area (Å²) in [5, 5.41) is 0. The Kier molecular flexibility index (Phi) is 4.94. The molecule has 0 fully saturated rings. The minimum atomic E-state index is 0.0413. The Morgan fingerprint density at radius 1 is 0.889 bits per heavy atom. The van der Waals surface area contributed by atoms with Crippen LogP contribution in [-0.2, 0) is 13.2 Å². The molecule has 0 amide bonds. The van der Waals surface area contributed by atoms with Gasteiger partial charge in [0.25, 0.3) is 0 Å². The highest BCUT2D eigenvalue weighted by Gasteiger charge is 2.10. The molecule has 0 aliphatic heterocycles. The normalized spacial score (nSPS) is 10.9. The van der Waals surface area contributed by atoms with E-state index in [1.165, 1.54) is 11.3 Å². The van der Waals surface area contributed by atoms with Crippen molar-refractivity contribution in [3.8, 4) is 11.5 Å². The van der Waals surface area contributed by atoms with Gasteiger partial charge in [0.2, 0.25) is 0 Å². The molecule has 0 unspecified atom stereocenters. The van der Waals surface area contributed by atoms with Crippen LogP contribution < -0.4 is 14.3 Å². The maximum atomic E-state index is 12.3. The van der Waals surface area contributed by atoms with E-state index in [9.17, 15) is 4.79 Å². The van der Waals surface area contributed by atoms with Gasteiger partial charge < -0.3 is 9.47 Å². The monoisotopic (exact) mass is 377 g/mol. The van der Waals surface area contributed by atoms with E-state index in [1.54, 1.807) is 11.7 Å². The molecule has 0 saturated carbocycles. The standard InChI is InChI=1S/C22H19NO3S/c1-25-20-13-17(11-12-19(20)26-15-16-7-3-2-4-8-16)14-23-18-9-5-6-10-21(18)27-22(23)24/h2-13H,14-15H2,1H3. The van der Waals surface area contributed by atoms with Crippen molar-refractivity contribution >= 4 is 21.6 Å². The lowest BCUT2D eigenvalue weighted by molar-refractivity contribution is 0.284. The summed E-state index contributed by atoms with van der Waals surface area (Å²) in [6.45, 7) is 0.976. The average Bonchev–Trinajstić information content (AvgIpc) is 3.03. The highest BCUT2D eigenvalue weighted by atomic mass is 32.1. The molecule has 4 nitrogen and oxygen atoms in total. The molecule has 0 N–H and O–H groups in total. The van der Waals surface area contributed by atoms with Gasteiger partial charge in [-0.25, -0.2) is 0 Å². The number of ether oxygens (including phenoxy) is 2. The summed E-state index contributed by atoms with van der Waals surface area (Å²) < 4.78 is 14.2. The Bertz CT molecular complexity index is 1120. The second-order valence-corrected chi connectivity index (χ2v) is 7.17. The summed E-state index contributed by atoms with van der Waals surface area (Å²) in [7, 11) is 1.63. The molecular weight excluding hydrogens is 358 g/mol. The molecule has 0 spiro atoms. The summed E-state index contributed by atoms with van der Waals surface area (Å²) in [5.74, 6) is 1.35. The Labute approximate surface area is 161 Å². The number of hydrogen-bond donors (Lipinski definition) is 0. The lowest BCUT2D eigenvalue weighted by atomic mass is 10.2. The largest absolute Gasteiger partial charge is 0.493 e. The van der Waals surface area contributed by atoms with Crippen LogP contribution in [0.25, 0.3) is 10.2 Å². The van der Waals surface area contributed by atoms with Crippen LogP contribution in [0.15, 0.2) is 77.6 Å². The van der Waals surface area contributed by atoms with Crippen molar-refractivity contribution in [1.82, 2.24) is 4.57 Å². The summed E-state index contributed by atoms with van der Waals surface area (Å²) in [6, 6.07) is 23.7. The smallest absolute Gasteiger partial charge is 0.308 e. The number of nitrogens with zero attached hydrogens (tertiary/aromatic N) is 1. The van der Waals surface area contributed by atoms with E-state index < -0.39 is 0 Å². The Balaban J connectivity index is 1.57. The van der Waals surface area contributed by atoms with Gasteiger partial charge in [-0.05, 0) is 35.4 Å². The van der Waals surface area contributed by atoms with Crippen molar-refractivity contribution < 1.29 is 9.47 Å². The van der Waals surface area contributed by atoms with Gasteiger partial charge in [-0.3, -0.25) is 9.36 Å². The average molecular weight is 377 g/mol. The van der Waals surface area contributed by atoms with Crippen LogP contribution in [0.1, 0.15) is 11.1 Å². The highest BCUT2D eigenvalue weighted by Crippen LogP contribution is 2.29. The molecule has 4 rings (SSSR count). The van der Waals surface area contributed by atoms with Gasteiger partial charge in [0.05, 0.1) is 23.9 Å². The molecule has 4 aromatic rings. The molecule has 136 valence electrons. The topological polar surface area (TPSA) is 40.5 Å². The van der Waals surface area contributed by atoms with E-state index in [0.29, 0.717) is 24.7 Å². The fraction of sp³-hybridized carbons (Fsp3) is 0.136. The quantitative estimate of drug-likeness (QED) is 0.489. The van der Waals surface area contributed by atoms with E-state index in [1.807, 2.05) is 72.8 Å². The van der Waals surface area contributed by atoms with Crippen molar-refractivity contribution in [3.05, 3.63) is 93.6 Å². The van der Waals surface area contributed by atoms with E-state index in [4.69, 9.17) is 9.47 Å². The number of para-hydroxylation sites is 1. The molecule has 0 atom stereocenters. The van der Waals surface area contributed by atoms with Crippen LogP contribution in [0, 0.1) is 0 Å². The fourth-order valence-corrected chi connectivity index (χ4v) is 3.90. The molecule has 3 aromatic carbocycles. The van der Waals surface area contributed by atoms with Gasteiger partial charge in [-0.1, -0.05) is 59.9 Å². The predicted molar refractivity (Wildman–Crippen MR) is 109 cm³/mol. The van der Waals surface area contributed by atoms with Gasteiger partial charge in [-0.15, -0.1) is 0 Å². The molecule has 1 aromatic heterocycles. The number of methoxy groups -OCH3 is 1.